The Morgan fingerprint density at radius 1 is 1.58 bits per heavy atom. The van der Waals surface area contributed by atoms with Crippen molar-refractivity contribution < 1.29 is 9.72 Å². The smallest absolute Gasteiger partial charge is 0.302 e. The van der Waals surface area contributed by atoms with E-state index in [1.807, 2.05) is 6.92 Å². The summed E-state index contributed by atoms with van der Waals surface area (Å²) in [5.74, 6) is 0.713. The summed E-state index contributed by atoms with van der Waals surface area (Å²) >= 11 is 0. The first-order valence-electron chi connectivity index (χ1n) is 5.80. The minimum absolute atomic E-state index is 0.00928. The van der Waals surface area contributed by atoms with Crippen molar-refractivity contribution in [1.82, 2.24) is 10.3 Å². The van der Waals surface area contributed by atoms with Crippen molar-refractivity contribution in [2.24, 2.45) is 0 Å². The minimum Gasteiger partial charge on any atom is -0.355 e. The summed E-state index contributed by atoms with van der Waals surface area (Å²) in [5.41, 5.74) is 0.00928. The molecule has 1 aromatic heterocycles. The molecule has 0 aromatic carbocycles. The molecular formula is C11H15N3O3S2. The lowest BCUT2D eigenvalue weighted by molar-refractivity contribution is -0.388. The molecule has 1 amide bonds. The average molecular weight is 301 g/mol. The van der Waals surface area contributed by atoms with E-state index in [2.05, 4.69) is 10.3 Å². The van der Waals surface area contributed by atoms with E-state index in [0.717, 1.165) is 6.42 Å². The van der Waals surface area contributed by atoms with Crippen molar-refractivity contribution in [2.45, 2.75) is 24.8 Å². The molecule has 0 unspecified atom stereocenters. The Balaban J connectivity index is 2.30. The van der Waals surface area contributed by atoms with Crippen molar-refractivity contribution in [3.8, 4) is 0 Å². The number of nitrogens with zero attached hydrogens (tertiary/aromatic N) is 2. The van der Waals surface area contributed by atoms with Crippen LogP contribution in [0.25, 0.3) is 0 Å². The zero-order chi connectivity index (χ0) is 14.1. The van der Waals surface area contributed by atoms with Gasteiger partial charge in [-0.1, -0.05) is 17.7 Å². The molecule has 0 radical (unpaired) electrons. The van der Waals surface area contributed by atoms with Crippen LogP contribution in [0, 0.1) is 10.1 Å². The number of hydrogen-bond acceptors (Lipinski definition) is 6. The second kappa shape index (κ2) is 8.76. The SMILES string of the molecule is CCCC(=O)NCCSSc1ncccc1[N+](=O)[O-]. The highest BCUT2D eigenvalue weighted by molar-refractivity contribution is 8.76. The molecule has 8 heteroatoms. The third-order valence-corrected chi connectivity index (χ3v) is 4.36. The van der Waals surface area contributed by atoms with Gasteiger partial charge in [0.1, 0.15) is 0 Å². The zero-order valence-corrected chi connectivity index (χ0v) is 12.1. The molecule has 0 aliphatic carbocycles. The van der Waals surface area contributed by atoms with Crippen molar-refractivity contribution in [1.29, 1.82) is 0 Å². The second-order valence-corrected chi connectivity index (χ2v) is 5.99. The van der Waals surface area contributed by atoms with E-state index in [1.54, 1.807) is 0 Å². The quantitative estimate of drug-likeness (QED) is 0.344. The maximum Gasteiger partial charge on any atom is 0.302 e. The summed E-state index contributed by atoms with van der Waals surface area (Å²) in [4.78, 5) is 25.5. The van der Waals surface area contributed by atoms with Gasteiger partial charge in [-0.15, -0.1) is 0 Å². The van der Waals surface area contributed by atoms with Crippen LogP contribution in [0.4, 0.5) is 5.69 Å². The highest BCUT2D eigenvalue weighted by atomic mass is 33.1. The van der Waals surface area contributed by atoms with E-state index in [9.17, 15) is 14.9 Å². The van der Waals surface area contributed by atoms with Crippen LogP contribution in [0.3, 0.4) is 0 Å². The number of hydrogen-bond donors (Lipinski definition) is 1. The van der Waals surface area contributed by atoms with E-state index in [4.69, 9.17) is 0 Å². The average Bonchev–Trinajstić information content (AvgIpc) is 2.39. The number of rotatable bonds is 8. The Bertz CT molecular complexity index is 443. The summed E-state index contributed by atoms with van der Waals surface area (Å²) < 4.78 is 0. The summed E-state index contributed by atoms with van der Waals surface area (Å²) in [7, 11) is 2.69. The van der Waals surface area contributed by atoms with Gasteiger partial charge in [0, 0.05) is 31.0 Å². The van der Waals surface area contributed by atoms with Gasteiger partial charge in [-0.25, -0.2) is 4.98 Å². The number of carbonyl (C=O) groups excluding carboxylic acids is 1. The van der Waals surface area contributed by atoms with Gasteiger partial charge < -0.3 is 5.32 Å². The van der Waals surface area contributed by atoms with Gasteiger partial charge in [0.2, 0.25) is 5.91 Å². The number of carbonyl (C=O) groups is 1. The molecule has 0 saturated heterocycles. The van der Waals surface area contributed by atoms with E-state index < -0.39 is 4.92 Å². The first-order chi connectivity index (χ1) is 9.15. The van der Waals surface area contributed by atoms with Crippen LogP contribution in [0.5, 0.6) is 0 Å². The predicted molar refractivity (Wildman–Crippen MR) is 77.1 cm³/mol. The molecule has 0 aliphatic rings. The monoisotopic (exact) mass is 301 g/mol. The lowest BCUT2D eigenvalue weighted by Crippen LogP contribution is -2.24. The van der Waals surface area contributed by atoms with E-state index in [0.29, 0.717) is 23.7 Å². The summed E-state index contributed by atoms with van der Waals surface area (Å²) in [5, 5.41) is 13.9. The third kappa shape index (κ3) is 5.93. The molecule has 1 aromatic rings. The van der Waals surface area contributed by atoms with Crippen molar-refractivity contribution >= 4 is 33.2 Å². The Morgan fingerprint density at radius 3 is 3.05 bits per heavy atom. The van der Waals surface area contributed by atoms with Gasteiger partial charge in [-0.05, 0) is 23.3 Å². The Labute approximate surface area is 119 Å². The molecule has 6 nitrogen and oxygen atoms in total. The van der Waals surface area contributed by atoms with E-state index in [-0.39, 0.29) is 11.6 Å². The Hall–Kier alpha value is -1.28. The fourth-order valence-electron chi connectivity index (χ4n) is 1.23. The van der Waals surface area contributed by atoms with Crippen LogP contribution < -0.4 is 5.32 Å². The minimum atomic E-state index is -0.446. The van der Waals surface area contributed by atoms with Crippen LogP contribution in [-0.2, 0) is 4.79 Å². The molecule has 0 bridgehead atoms. The van der Waals surface area contributed by atoms with E-state index in [1.165, 1.54) is 39.9 Å². The zero-order valence-electron chi connectivity index (χ0n) is 10.5. The molecule has 0 aliphatic heterocycles. The molecule has 19 heavy (non-hydrogen) atoms. The first-order valence-corrected chi connectivity index (χ1v) is 8.12. The van der Waals surface area contributed by atoms with Crippen molar-refractivity contribution in [3.05, 3.63) is 28.4 Å². The lowest BCUT2D eigenvalue weighted by atomic mass is 10.3. The normalized spacial score (nSPS) is 10.2. The van der Waals surface area contributed by atoms with Crippen LogP contribution in [-0.4, -0.2) is 28.1 Å². The summed E-state index contributed by atoms with van der Waals surface area (Å²) in [6.07, 6.45) is 2.89. The fourth-order valence-corrected chi connectivity index (χ4v) is 3.16. The predicted octanol–water partition coefficient (Wildman–Crippen LogP) is 2.65. The van der Waals surface area contributed by atoms with Crippen LogP contribution in [0.15, 0.2) is 23.4 Å². The number of nitrogens with one attached hydrogen (secondary N) is 1. The molecular weight excluding hydrogens is 286 g/mol. The summed E-state index contributed by atoms with van der Waals surface area (Å²) in [6, 6.07) is 2.97. The molecule has 0 atom stereocenters. The number of aromatic nitrogens is 1. The van der Waals surface area contributed by atoms with Crippen LogP contribution in [0.1, 0.15) is 19.8 Å². The molecule has 0 spiro atoms. The molecule has 1 N–H and O–H groups in total. The van der Waals surface area contributed by atoms with Gasteiger partial charge in [-0.2, -0.15) is 0 Å². The van der Waals surface area contributed by atoms with Gasteiger partial charge >= 0.3 is 5.69 Å². The van der Waals surface area contributed by atoms with Crippen LogP contribution in [0.2, 0.25) is 0 Å². The van der Waals surface area contributed by atoms with Crippen molar-refractivity contribution in [2.75, 3.05) is 12.3 Å². The third-order valence-electron chi connectivity index (χ3n) is 2.07. The van der Waals surface area contributed by atoms with Crippen molar-refractivity contribution in [3.63, 3.8) is 0 Å². The molecule has 0 fully saturated rings. The van der Waals surface area contributed by atoms with E-state index >= 15 is 0 Å². The van der Waals surface area contributed by atoms with Crippen LogP contribution >= 0.6 is 21.6 Å². The van der Waals surface area contributed by atoms with Gasteiger partial charge in [0.25, 0.3) is 0 Å². The Morgan fingerprint density at radius 2 is 2.37 bits per heavy atom. The molecule has 104 valence electrons. The number of pyridine rings is 1. The fraction of sp³-hybridized carbons (Fsp3) is 0.455. The van der Waals surface area contributed by atoms with Gasteiger partial charge in [0.05, 0.1) is 4.92 Å². The summed E-state index contributed by atoms with van der Waals surface area (Å²) in [6.45, 7) is 2.50. The van der Waals surface area contributed by atoms with Gasteiger partial charge in [0.15, 0.2) is 5.03 Å². The standard InChI is InChI=1S/C11H15N3O3S2/c1-2-4-10(15)12-7-8-18-19-11-9(14(16)17)5-3-6-13-11/h3,5-6H,2,4,7-8H2,1H3,(H,12,15). The molecule has 0 saturated carbocycles. The van der Waals surface area contributed by atoms with Gasteiger partial charge in [-0.3, -0.25) is 14.9 Å². The Kier molecular flexibility index (Phi) is 7.27. The molecule has 1 heterocycles. The maximum atomic E-state index is 11.2. The lowest BCUT2D eigenvalue weighted by Gasteiger charge is -2.03. The number of nitro groups is 1. The molecule has 1 rings (SSSR count). The second-order valence-electron chi connectivity index (χ2n) is 3.59. The highest BCUT2D eigenvalue weighted by Crippen LogP contribution is 2.34. The number of amides is 1. The largest absolute Gasteiger partial charge is 0.355 e. The topological polar surface area (TPSA) is 85.1 Å². The highest BCUT2D eigenvalue weighted by Gasteiger charge is 2.14. The first kappa shape index (κ1) is 15.8. The maximum absolute atomic E-state index is 11.2.